The van der Waals surface area contributed by atoms with Crippen molar-refractivity contribution in [1.29, 1.82) is 0 Å². The quantitative estimate of drug-likeness (QED) is 0.284. The zero-order chi connectivity index (χ0) is 26.2. The van der Waals surface area contributed by atoms with Crippen LogP contribution >= 0.6 is 0 Å². The molecule has 6 aromatic rings. The van der Waals surface area contributed by atoms with E-state index in [-0.39, 0.29) is 22.9 Å². The molecular weight excluding hydrogens is 485 g/mol. The lowest BCUT2D eigenvalue weighted by atomic mass is 10.1. The summed E-state index contributed by atoms with van der Waals surface area (Å²) in [6.07, 6.45) is 9.99. The van der Waals surface area contributed by atoms with E-state index in [1.165, 1.54) is 18.6 Å². The molecule has 0 saturated heterocycles. The molecule has 0 aliphatic rings. The van der Waals surface area contributed by atoms with Gasteiger partial charge in [-0.05, 0) is 30.2 Å². The maximum absolute atomic E-state index is 16.0. The summed E-state index contributed by atoms with van der Waals surface area (Å²) in [5, 5.41) is 10.2. The van der Waals surface area contributed by atoms with Gasteiger partial charge in [-0.2, -0.15) is 5.10 Å². The number of anilines is 1. The molecule has 0 spiro atoms. The van der Waals surface area contributed by atoms with Crippen molar-refractivity contribution >= 4 is 33.5 Å². The predicted octanol–water partition coefficient (Wildman–Crippen LogP) is 5.14. The van der Waals surface area contributed by atoms with Crippen LogP contribution in [0.3, 0.4) is 0 Å². The Balaban J connectivity index is 1.42. The van der Waals surface area contributed by atoms with E-state index in [0.717, 1.165) is 11.1 Å². The molecule has 0 aromatic carbocycles. The summed E-state index contributed by atoms with van der Waals surface area (Å²) in [5.74, 6) is -0.121. The van der Waals surface area contributed by atoms with Crippen LogP contribution in [0.15, 0.2) is 61.4 Å². The smallest absolute Gasteiger partial charge is 0.224 e. The van der Waals surface area contributed by atoms with Gasteiger partial charge in [0.2, 0.25) is 5.91 Å². The molecule has 0 aliphatic heterocycles. The Morgan fingerprint density at radius 3 is 2.66 bits per heavy atom. The average Bonchev–Trinajstić information content (AvgIpc) is 3.54. The van der Waals surface area contributed by atoms with Crippen molar-refractivity contribution in [2.45, 2.75) is 20.3 Å². The second-order valence-electron chi connectivity index (χ2n) is 9.27. The Kier molecular flexibility index (Phi) is 5.79. The number of carbonyl (C=O) groups is 1. The highest BCUT2D eigenvalue weighted by Gasteiger charge is 2.21. The lowest BCUT2D eigenvalue weighted by molar-refractivity contribution is -0.116. The van der Waals surface area contributed by atoms with Crippen LogP contribution in [0, 0.1) is 11.7 Å². The summed E-state index contributed by atoms with van der Waals surface area (Å²) in [6, 6.07) is 7.18. The molecule has 1 amide bonds. The number of fused-ring (bicyclic) bond motifs is 2. The van der Waals surface area contributed by atoms with E-state index < -0.39 is 5.82 Å². The number of hydrogen-bond donors (Lipinski definition) is 3. The zero-order valence-corrected chi connectivity index (χ0v) is 20.5. The third-order valence-electron chi connectivity index (χ3n) is 5.99. The van der Waals surface area contributed by atoms with Gasteiger partial charge in [-0.1, -0.05) is 13.8 Å². The van der Waals surface area contributed by atoms with E-state index in [1.807, 2.05) is 26.0 Å². The van der Waals surface area contributed by atoms with Crippen LogP contribution in [-0.2, 0) is 4.79 Å². The second kappa shape index (κ2) is 9.43. The lowest BCUT2D eigenvalue weighted by Crippen LogP contribution is -2.14. The van der Waals surface area contributed by atoms with Crippen LogP contribution < -0.4 is 5.32 Å². The highest BCUT2D eigenvalue weighted by Crippen LogP contribution is 2.34. The first-order valence-corrected chi connectivity index (χ1v) is 12.0. The second-order valence-corrected chi connectivity index (χ2v) is 9.27. The number of amides is 1. The maximum Gasteiger partial charge on any atom is 0.224 e. The molecular formula is C27H22FN9O. The standard InChI is InChI=1S/C27H22FN9O/c1-14(2)8-20(38)33-17-9-16(11-30-12-17)23-22(28)21-19(13-32-23)36-37-26(21)27-34-18-5-7-31-24(25(18)35-27)15-4-3-6-29-10-15/h3-7,9-14H,8H2,1-2H3,(H,33,38)(H,34,35)(H,36,37). The van der Waals surface area contributed by atoms with Crippen molar-refractivity contribution < 1.29 is 9.18 Å². The van der Waals surface area contributed by atoms with E-state index in [4.69, 9.17) is 4.98 Å². The molecule has 38 heavy (non-hydrogen) atoms. The summed E-state index contributed by atoms with van der Waals surface area (Å²) < 4.78 is 16.0. The van der Waals surface area contributed by atoms with Gasteiger partial charge in [-0.15, -0.1) is 0 Å². The number of imidazole rings is 1. The number of aromatic amines is 2. The largest absolute Gasteiger partial charge is 0.336 e. The molecule has 0 aliphatic carbocycles. The number of nitrogens with one attached hydrogen (secondary N) is 3. The number of hydrogen-bond acceptors (Lipinski definition) is 7. The fraction of sp³-hybridized carbons (Fsp3) is 0.148. The molecule has 0 fully saturated rings. The van der Waals surface area contributed by atoms with Gasteiger partial charge in [0.25, 0.3) is 0 Å². The monoisotopic (exact) mass is 507 g/mol. The average molecular weight is 508 g/mol. The minimum Gasteiger partial charge on any atom is -0.336 e. The molecule has 0 unspecified atom stereocenters. The van der Waals surface area contributed by atoms with E-state index in [1.54, 1.807) is 30.7 Å². The molecule has 0 atom stereocenters. The number of aromatic nitrogens is 8. The predicted molar refractivity (Wildman–Crippen MR) is 141 cm³/mol. The van der Waals surface area contributed by atoms with E-state index in [9.17, 15) is 4.79 Å². The molecule has 3 N–H and O–H groups in total. The summed E-state index contributed by atoms with van der Waals surface area (Å²) in [6.45, 7) is 3.92. The van der Waals surface area contributed by atoms with Gasteiger partial charge in [0.1, 0.15) is 16.9 Å². The van der Waals surface area contributed by atoms with Crippen molar-refractivity contribution in [3.8, 4) is 34.0 Å². The van der Waals surface area contributed by atoms with Crippen molar-refractivity contribution in [2.75, 3.05) is 5.32 Å². The Morgan fingerprint density at radius 2 is 1.84 bits per heavy atom. The van der Waals surface area contributed by atoms with Gasteiger partial charge in [-0.25, -0.2) is 9.37 Å². The van der Waals surface area contributed by atoms with E-state index in [0.29, 0.717) is 45.9 Å². The Hall–Kier alpha value is -5.06. The van der Waals surface area contributed by atoms with Crippen LogP contribution in [0.25, 0.3) is 56.0 Å². The number of pyridine rings is 4. The first-order chi connectivity index (χ1) is 18.5. The third kappa shape index (κ3) is 4.23. The summed E-state index contributed by atoms with van der Waals surface area (Å²) >= 11 is 0. The molecule has 0 saturated carbocycles. The Labute approximate surface area is 215 Å². The third-order valence-corrected chi connectivity index (χ3v) is 5.99. The summed E-state index contributed by atoms with van der Waals surface area (Å²) in [7, 11) is 0. The van der Waals surface area contributed by atoms with Gasteiger partial charge in [0.05, 0.1) is 40.2 Å². The molecule has 188 valence electrons. The molecule has 6 aromatic heterocycles. The van der Waals surface area contributed by atoms with E-state index >= 15 is 4.39 Å². The highest BCUT2D eigenvalue weighted by atomic mass is 19.1. The SMILES string of the molecule is CC(C)CC(=O)Nc1cncc(-c2ncc3[nH]nc(-c4nc5c(-c6cccnc6)nccc5[nH]4)c3c2F)c1. The van der Waals surface area contributed by atoms with Gasteiger partial charge < -0.3 is 10.3 Å². The van der Waals surface area contributed by atoms with Crippen molar-refractivity contribution in [3.63, 3.8) is 0 Å². The normalized spacial score (nSPS) is 11.5. The summed E-state index contributed by atoms with van der Waals surface area (Å²) in [4.78, 5) is 37.3. The zero-order valence-electron chi connectivity index (χ0n) is 20.5. The molecule has 11 heteroatoms. The van der Waals surface area contributed by atoms with Crippen LogP contribution in [0.4, 0.5) is 10.1 Å². The van der Waals surface area contributed by atoms with Gasteiger partial charge >= 0.3 is 0 Å². The van der Waals surface area contributed by atoms with Crippen molar-refractivity contribution in [2.24, 2.45) is 5.92 Å². The highest BCUT2D eigenvalue weighted by molar-refractivity contribution is 5.97. The minimum absolute atomic E-state index is 0.0847. The first kappa shape index (κ1) is 23.3. The Bertz CT molecular complexity index is 1790. The van der Waals surface area contributed by atoms with Gasteiger partial charge in [0, 0.05) is 42.3 Å². The fourth-order valence-corrected chi connectivity index (χ4v) is 4.33. The van der Waals surface area contributed by atoms with Crippen LogP contribution in [-0.4, -0.2) is 46.0 Å². The van der Waals surface area contributed by atoms with Crippen LogP contribution in [0.2, 0.25) is 0 Å². The Morgan fingerprint density at radius 1 is 0.974 bits per heavy atom. The topological polar surface area (TPSA) is 138 Å². The molecule has 0 radical (unpaired) electrons. The molecule has 10 nitrogen and oxygen atoms in total. The first-order valence-electron chi connectivity index (χ1n) is 12.0. The summed E-state index contributed by atoms with van der Waals surface area (Å²) in [5.41, 5.74) is 4.52. The lowest BCUT2D eigenvalue weighted by Gasteiger charge is -2.09. The van der Waals surface area contributed by atoms with Gasteiger partial charge in [-0.3, -0.25) is 29.8 Å². The molecule has 6 rings (SSSR count). The minimum atomic E-state index is -0.579. The number of rotatable bonds is 6. The van der Waals surface area contributed by atoms with Crippen molar-refractivity contribution in [3.05, 3.63) is 67.3 Å². The van der Waals surface area contributed by atoms with Gasteiger partial charge in [0.15, 0.2) is 11.6 Å². The fourth-order valence-electron chi connectivity index (χ4n) is 4.33. The van der Waals surface area contributed by atoms with Crippen molar-refractivity contribution in [1.82, 2.24) is 40.1 Å². The van der Waals surface area contributed by atoms with Crippen LogP contribution in [0.1, 0.15) is 20.3 Å². The number of nitrogens with zero attached hydrogens (tertiary/aromatic N) is 6. The maximum atomic E-state index is 16.0. The number of halogens is 1. The van der Waals surface area contributed by atoms with Crippen LogP contribution in [0.5, 0.6) is 0 Å². The number of carbonyl (C=O) groups excluding carboxylic acids is 1. The molecule has 0 bridgehead atoms. The van der Waals surface area contributed by atoms with E-state index in [2.05, 4.69) is 40.4 Å². The number of H-pyrrole nitrogens is 2. The molecule has 6 heterocycles.